The Labute approximate surface area is 172 Å². The number of nitrogens with zero attached hydrogens (tertiary/aromatic N) is 5. The molecular formula is C23H29N5O. The molecule has 1 unspecified atom stereocenters. The van der Waals surface area contributed by atoms with Gasteiger partial charge in [-0.05, 0) is 50.0 Å². The quantitative estimate of drug-likeness (QED) is 0.749. The van der Waals surface area contributed by atoms with Crippen LogP contribution in [0.25, 0.3) is 6.08 Å². The number of carbonyl (C=O) groups is 1. The van der Waals surface area contributed by atoms with E-state index in [1.807, 2.05) is 41.3 Å². The van der Waals surface area contributed by atoms with Crippen molar-refractivity contribution >= 4 is 23.6 Å². The average molecular weight is 392 g/mol. The number of hydrogen-bond donors (Lipinski definition) is 0. The van der Waals surface area contributed by atoms with Crippen LogP contribution in [0.15, 0.2) is 48.5 Å². The largest absolute Gasteiger partial charge is 0.352 e. The number of carbonyl (C=O) groups excluding carboxylic acids is 1. The van der Waals surface area contributed by atoms with Gasteiger partial charge in [-0.25, -0.2) is 0 Å². The van der Waals surface area contributed by atoms with Crippen LogP contribution in [0.5, 0.6) is 0 Å². The van der Waals surface area contributed by atoms with Gasteiger partial charge in [0.1, 0.15) is 0 Å². The molecule has 6 heteroatoms. The van der Waals surface area contributed by atoms with Gasteiger partial charge in [-0.15, -0.1) is 10.2 Å². The Bertz CT molecular complexity index is 828. The Hall–Kier alpha value is -2.89. The lowest BCUT2D eigenvalue weighted by Crippen LogP contribution is -2.48. The standard InChI is InChI=1S/C23H29N5O/c1-19-7-5-6-14-28(19)22-12-11-21(24-25-22)26-15-17-27(18-16-26)23(29)13-10-20-8-3-2-4-9-20/h2-4,8-13,19H,5-7,14-18H2,1H3/b13-10+. The number of rotatable bonds is 4. The van der Waals surface area contributed by atoms with Crippen molar-refractivity contribution in [1.29, 1.82) is 0 Å². The molecule has 0 N–H and O–H groups in total. The third kappa shape index (κ3) is 4.75. The van der Waals surface area contributed by atoms with Gasteiger partial charge in [0.15, 0.2) is 11.6 Å². The summed E-state index contributed by atoms with van der Waals surface area (Å²) in [5.74, 6) is 1.93. The van der Waals surface area contributed by atoms with Crippen molar-refractivity contribution in [3.05, 3.63) is 54.1 Å². The molecule has 0 aliphatic carbocycles. The van der Waals surface area contributed by atoms with Gasteiger partial charge in [0, 0.05) is 44.8 Å². The van der Waals surface area contributed by atoms with Crippen molar-refractivity contribution in [2.24, 2.45) is 0 Å². The second kappa shape index (κ2) is 9.07. The lowest BCUT2D eigenvalue weighted by atomic mass is 10.0. The lowest BCUT2D eigenvalue weighted by Gasteiger charge is -2.36. The molecule has 29 heavy (non-hydrogen) atoms. The molecular weight excluding hydrogens is 362 g/mol. The molecule has 2 fully saturated rings. The highest BCUT2D eigenvalue weighted by molar-refractivity contribution is 5.91. The van der Waals surface area contributed by atoms with E-state index in [1.165, 1.54) is 19.3 Å². The molecule has 2 aliphatic heterocycles. The zero-order chi connectivity index (χ0) is 20.1. The van der Waals surface area contributed by atoms with Crippen LogP contribution >= 0.6 is 0 Å². The summed E-state index contributed by atoms with van der Waals surface area (Å²) in [6.45, 7) is 6.27. The van der Waals surface area contributed by atoms with E-state index in [4.69, 9.17) is 0 Å². The van der Waals surface area contributed by atoms with Gasteiger partial charge in [-0.1, -0.05) is 30.3 Å². The third-order valence-corrected chi connectivity index (χ3v) is 5.87. The van der Waals surface area contributed by atoms with Crippen LogP contribution in [0.4, 0.5) is 11.6 Å². The first kappa shape index (κ1) is 19.4. The number of hydrogen-bond acceptors (Lipinski definition) is 5. The summed E-state index contributed by atoms with van der Waals surface area (Å²) >= 11 is 0. The van der Waals surface area contributed by atoms with Crippen LogP contribution in [0.1, 0.15) is 31.7 Å². The van der Waals surface area contributed by atoms with Crippen LogP contribution in [0.2, 0.25) is 0 Å². The zero-order valence-corrected chi connectivity index (χ0v) is 17.1. The minimum Gasteiger partial charge on any atom is -0.352 e. The van der Waals surface area contributed by atoms with E-state index in [0.29, 0.717) is 19.1 Å². The molecule has 2 aromatic rings. The van der Waals surface area contributed by atoms with Crippen LogP contribution in [0.3, 0.4) is 0 Å². The molecule has 0 bridgehead atoms. The van der Waals surface area contributed by atoms with Crippen molar-refractivity contribution < 1.29 is 4.79 Å². The lowest BCUT2D eigenvalue weighted by molar-refractivity contribution is -0.126. The van der Waals surface area contributed by atoms with Crippen LogP contribution in [-0.4, -0.2) is 59.8 Å². The minimum absolute atomic E-state index is 0.0639. The fourth-order valence-corrected chi connectivity index (χ4v) is 4.07. The maximum absolute atomic E-state index is 12.5. The highest BCUT2D eigenvalue weighted by Crippen LogP contribution is 2.23. The minimum atomic E-state index is 0.0639. The Morgan fingerprint density at radius 1 is 0.931 bits per heavy atom. The van der Waals surface area contributed by atoms with E-state index in [1.54, 1.807) is 6.08 Å². The highest BCUT2D eigenvalue weighted by atomic mass is 16.2. The fourth-order valence-electron chi connectivity index (χ4n) is 4.07. The molecule has 1 atom stereocenters. The molecule has 2 aliphatic rings. The van der Waals surface area contributed by atoms with Crippen molar-refractivity contribution in [3.63, 3.8) is 0 Å². The summed E-state index contributed by atoms with van der Waals surface area (Å²) < 4.78 is 0. The monoisotopic (exact) mass is 391 g/mol. The number of benzene rings is 1. The maximum atomic E-state index is 12.5. The number of amides is 1. The number of aromatic nitrogens is 2. The topological polar surface area (TPSA) is 52.6 Å². The first-order valence-corrected chi connectivity index (χ1v) is 10.6. The smallest absolute Gasteiger partial charge is 0.246 e. The predicted molar refractivity (Wildman–Crippen MR) is 117 cm³/mol. The molecule has 1 aromatic carbocycles. The molecule has 6 nitrogen and oxygen atoms in total. The van der Waals surface area contributed by atoms with Crippen LogP contribution in [-0.2, 0) is 4.79 Å². The first-order chi connectivity index (χ1) is 14.2. The number of piperidine rings is 1. The Kier molecular flexibility index (Phi) is 6.08. The van der Waals surface area contributed by atoms with Crippen molar-refractivity contribution in [3.8, 4) is 0 Å². The molecule has 0 spiro atoms. The van der Waals surface area contributed by atoms with Gasteiger partial charge in [0.05, 0.1) is 0 Å². The second-order valence-corrected chi connectivity index (χ2v) is 7.84. The Morgan fingerprint density at radius 3 is 2.34 bits per heavy atom. The maximum Gasteiger partial charge on any atom is 0.246 e. The Balaban J connectivity index is 1.31. The van der Waals surface area contributed by atoms with Gasteiger partial charge in [-0.2, -0.15) is 0 Å². The SMILES string of the molecule is CC1CCCCN1c1ccc(N2CCN(C(=O)/C=C/c3ccccc3)CC2)nn1. The van der Waals surface area contributed by atoms with Gasteiger partial charge in [-0.3, -0.25) is 4.79 Å². The molecule has 1 aromatic heterocycles. The van der Waals surface area contributed by atoms with E-state index in [-0.39, 0.29) is 5.91 Å². The third-order valence-electron chi connectivity index (χ3n) is 5.87. The summed E-state index contributed by atoms with van der Waals surface area (Å²) in [7, 11) is 0. The van der Waals surface area contributed by atoms with Gasteiger partial charge < -0.3 is 14.7 Å². The van der Waals surface area contributed by atoms with Crippen molar-refractivity contribution in [2.75, 3.05) is 42.5 Å². The van der Waals surface area contributed by atoms with E-state index in [2.05, 4.69) is 39.1 Å². The summed E-state index contributed by atoms with van der Waals surface area (Å²) in [5, 5.41) is 8.96. The average Bonchev–Trinajstić information content (AvgIpc) is 2.79. The van der Waals surface area contributed by atoms with E-state index in [0.717, 1.165) is 36.8 Å². The summed E-state index contributed by atoms with van der Waals surface area (Å²) in [6.07, 6.45) is 7.28. The van der Waals surface area contributed by atoms with Crippen LogP contribution < -0.4 is 9.80 Å². The van der Waals surface area contributed by atoms with Crippen LogP contribution in [0, 0.1) is 0 Å². The molecule has 3 heterocycles. The zero-order valence-electron chi connectivity index (χ0n) is 17.1. The van der Waals surface area contributed by atoms with Crippen molar-refractivity contribution in [2.45, 2.75) is 32.2 Å². The number of anilines is 2. The van der Waals surface area contributed by atoms with Crippen molar-refractivity contribution in [1.82, 2.24) is 15.1 Å². The second-order valence-electron chi connectivity index (χ2n) is 7.84. The van der Waals surface area contributed by atoms with Gasteiger partial charge >= 0.3 is 0 Å². The molecule has 0 saturated carbocycles. The van der Waals surface area contributed by atoms with E-state index in [9.17, 15) is 4.79 Å². The number of piperazine rings is 1. The molecule has 4 rings (SSSR count). The summed E-state index contributed by atoms with van der Waals surface area (Å²) in [5.41, 5.74) is 1.04. The fraction of sp³-hybridized carbons (Fsp3) is 0.435. The van der Waals surface area contributed by atoms with E-state index >= 15 is 0 Å². The molecule has 1 amide bonds. The van der Waals surface area contributed by atoms with Gasteiger partial charge in [0.2, 0.25) is 5.91 Å². The molecule has 0 radical (unpaired) electrons. The summed E-state index contributed by atoms with van der Waals surface area (Å²) in [4.78, 5) is 18.9. The first-order valence-electron chi connectivity index (χ1n) is 10.6. The highest BCUT2D eigenvalue weighted by Gasteiger charge is 2.23. The summed E-state index contributed by atoms with van der Waals surface area (Å²) in [6, 6.07) is 14.6. The Morgan fingerprint density at radius 2 is 1.66 bits per heavy atom. The molecule has 2 saturated heterocycles. The van der Waals surface area contributed by atoms with E-state index < -0.39 is 0 Å². The predicted octanol–water partition coefficient (Wildman–Crippen LogP) is 3.22. The normalized spacial score (nSPS) is 20.3. The molecule has 152 valence electrons. The van der Waals surface area contributed by atoms with Gasteiger partial charge in [0.25, 0.3) is 0 Å².